The Balaban J connectivity index is 1.32. The maximum absolute atomic E-state index is 13.4. The van der Waals surface area contributed by atoms with Gasteiger partial charge in [-0.15, -0.1) is 21.5 Å². The largest absolute Gasteiger partial charge is 0.376 e. The molecule has 1 aliphatic carbocycles. The van der Waals surface area contributed by atoms with Crippen LogP contribution in [-0.4, -0.2) is 39.1 Å². The molecule has 5 rings (SSSR count). The Kier molecular flexibility index (Phi) is 6.44. The molecule has 0 bridgehead atoms. The Morgan fingerprint density at radius 1 is 1.30 bits per heavy atom. The van der Waals surface area contributed by atoms with Gasteiger partial charge in [-0.1, -0.05) is 11.8 Å². The molecular formula is C23H22FN5O2S2. The third-order valence-corrected chi connectivity index (χ3v) is 8.02. The van der Waals surface area contributed by atoms with Crippen molar-refractivity contribution in [1.82, 2.24) is 14.8 Å². The van der Waals surface area contributed by atoms with Crippen LogP contribution in [0.4, 0.5) is 9.39 Å². The first-order valence-electron chi connectivity index (χ1n) is 10.9. The Labute approximate surface area is 199 Å². The second kappa shape index (κ2) is 9.63. The summed E-state index contributed by atoms with van der Waals surface area (Å²) in [7, 11) is 0. The average molecular weight is 484 g/mol. The van der Waals surface area contributed by atoms with Crippen molar-refractivity contribution in [2.24, 2.45) is 0 Å². The maximum atomic E-state index is 13.4. The molecule has 2 aliphatic rings. The van der Waals surface area contributed by atoms with E-state index in [-0.39, 0.29) is 23.6 Å². The smallest absolute Gasteiger partial charge is 0.235 e. The zero-order chi connectivity index (χ0) is 22.8. The van der Waals surface area contributed by atoms with Gasteiger partial charge in [0.25, 0.3) is 0 Å². The number of thioether (sulfide) groups is 1. The molecule has 3 heterocycles. The molecule has 10 heteroatoms. The van der Waals surface area contributed by atoms with Gasteiger partial charge < -0.3 is 10.1 Å². The van der Waals surface area contributed by atoms with Crippen molar-refractivity contribution < 1.29 is 13.9 Å². The molecule has 1 atom stereocenters. The number of hydrogen-bond donors (Lipinski definition) is 1. The van der Waals surface area contributed by atoms with E-state index in [0.717, 1.165) is 49.8 Å². The number of benzene rings is 1. The summed E-state index contributed by atoms with van der Waals surface area (Å²) >= 11 is 2.80. The van der Waals surface area contributed by atoms with E-state index in [1.807, 2.05) is 4.57 Å². The van der Waals surface area contributed by atoms with Gasteiger partial charge in [0.1, 0.15) is 16.9 Å². The topological polar surface area (TPSA) is 92.8 Å². The summed E-state index contributed by atoms with van der Waals surface area (Å²) in [5, 5.41) is 22.3. The SMILES string of the molecule is N#Cc1c(NC(=O)CSc2nnc(-c3ccc(F)cc3)n2C[C@@H]2CCCO2)sc2c1CCC2. The van der Waals surface area contributed by atoms with Crippen LogP contribution in [0.5, 0.6) is 0 Å². The highest BCUT2D eigenvalue weighted by molar-refractivity contribution is 7.99. The van der Waals surface area contributed by atoms with Crippen molar-refractivity contribution in [2.45, 2.75) is 49.9 Å². The van der Waals surface area contributed by atoms with Crippen molar-refractivity contribution in [3.05, 3.63) is 46.1 Å². The number of anilines is 1. The first-order chi connectivity index (χ1) is 16.1. The van der Waals surface area contributed by atoms with Gasteiger partial charge in [0.05, 0.1) is 24.0 Å². The number of carbonyl (C=O) groups is 1. The molecule has 2 aromatic heterocycles. The predicted molar refractivity (Wildman–Crippen MR) is 125 cm³/mol. The van der Waals surface area contributed by atoms with E-state index in [0.29, 0.717) is 28.1 Å². The molecule has 7 nitrogen and oxygen atoms in total. The predicted octanol–water partition coefficient (Wildman–Crippen LogP) is 4.42. The summed E-state index contributed by atoms with van der Waals surface area (Å²) in [4.78, 5) is 13.9. The third kappa shape index (κ3) is 4.67. The number of halogens is 1. The van der Waals surface area contributed by atoms with Gasteiger partial charge in [0.15, 0.2) is 11.0 Å². The second-order valence-electron chi connectivity index (χ2n) is 8.07. The van der Waals surface area contributed by atoms with Gasteiger partial charge >= 0.3 is 0 Å². The van der Waals surface area contributed by atoms with Gasteiger partial charge in [0, 0.05) is 17.0 Å². The van der Waals surface area contributed by atoms with E-state index < -0.39 is 0 Å². The second-order valence-corrected chi connectivity index (χ2v) is 10.1. The lowest BCUT2D eigenvalue weighted by molar-refractivity contribution is -0.113. The van der Waals surface area contributed by atoms with Crippen molar-refractivity contribution in [2.75, 3.05) is 17.7 Å². The Bertz CT molecular complexity index is 1210. The number of nitrogens with zero attached hydrogens (tertiary/aromatic N) is 4. The van der Waals surface area contributed by atoms with E-state index in [1.165, 1.54) is 40.1 Å². The molecule has 1 aromatic carbocycles. The lowest BCUT2D eigenvalue weighted by atomic mass is 10.1. The molecular weight excluding hydrogens is 461 g/mol. The molecule has 1 aliphatic heterocycles. The van der Waals surface area contributed by atoms with Gasteiger partial charge in [0.2, 0.25) is 5.91 Å². The fourth-order valence-corrected chi connectivity index (χ4v) is 6.27. The number of nitriles is 1. The van der Waals surface area contributed by atoms with Crippen LogP contribution in [0.25, 0.3) is 11.4 Å². The fourth-order valence-electron chi connectivity index (χ4n) is 4.27. The molecule has 0 radical (unpaired) electrons. The molecule has 1 amide bonds. The zero-order valence-corrected chi connectivity index (χ0v) is 19.5. The van der Waals surface area contributed by atoms with E-state index in [9.17, 15) is 14.4 Å². The van der Waals surface area contributed by atoms with Crippen molar-refractivity contribution in [3.63, 3.8) is 0 Å². The highest BCUT2D eigenvalue weighted by atomic mass is 32.2. The molecule has 170 valence electrons. The van der Waals surface area contributed by atoms with Crippen LogP contribution >= 0.6 is 23.1 Å². The molecule has 0 unspecified atom stereocenters. The highest BCUT2D eigenvalue weighted by Crippen LogP contribution is 2.38. The molecule has 1 saturated heterocycles. The van der Waals surface area contributed by atoms with E-state index in [1.54, 1.807) is 12.1 Å². The van der Waals surface area contributed by atoms with Crippen LogP contribution in [0.2, 0.25) is 0 Å². The third-order valence-electron chi connectivity index (χ3n) is 5.85. The summed E-state index contributed by atoms with van der Waals surface area (Å²) in [5.41, 5.74) is 2.45. The van der Waals surface area contributed by atoms with Gasteiger partial charge in [-0.05, 0) is 61.9 Å². The van der Waals surface area contributed by atoms with Crippen LogP contribution in [0.15, 0.2) is 29.4 Å². The lowest BCUT2D eigenvalue weighted by Crippen LogP contribution is -2.18. The van der Waals surface area contributed by atoms with Gasteiger partial charge in [-0.3, -0.25) is 9.36 Å². The van der Waals surface area contributed by atoms with Crippen molar-refractivity contribution >= 4 is 34.0 Å². The zero-order valence-electron chi connectivity index (χ0n) is 17.8. The number of thiophene rings is 1. The lowest BCUT2D eigenvalue weighted by Gasteiger charge is -2.14. The Morgan fingerprint density at radius 2 is 2.15 bits per heavy atom. The van der Waals surface area contributed by atoms with Crippen molar-refractivity contribution in [3.8, 4) is 17.5 Å². The van der Waals surface area contributed by atoms with Crippen LogP contribution in [0.1, 0.15) is 35.3 Å². The standard InChI is InChI=1S/C23H22FN5O2S2/c24-15-8-6-14(7-9-15)21-27-28-23(29(21)12-16-3-2-10-31-16)32-13-20(30)26-22-18(11-25)17-4-1-5-19(17)33-22/h6-9,16H,1-5,10,12-13H2,(H,26,30)/t16-/m0/s1. The number of aryl methyl sites for hydroxylation is 1. The Hall–Kier alpha value is -2.74. The fraction of sp³-hybridized carbons (Fsp3) is 0.391. The van der Waals surface area contributed by atoms with Crippen molar-refractivity contribution in [1.29, 1.82) is 5.26 Å². The minimum Gasteiger partial charge on any atom is -0.376 e. The first kappa shape index (κ1) is 22.1. The maximum Gasteiger partial charge on any atom is 0.235 e. The Morgan fingerprint density at radius 3 is 2.91 bits per heavy atom. The quantitative estimate of drug-likeness (QED) is 0.500. The van der Waals surface area contributed by atoms with E-state index in [4.69, 9.17) is 4.74 Å². The van der Waals surface area contributed by atoms with Crippen LogP contribution < -0.4 is 5.32 Å². The van der Waals surface area contributed by atoms with Crippen LogP contribution in [0, 0.1) is 17.1 Å². The molecule has 1 fully saturated rings. The average Bonchev–Trinajstić information content (AvgIpc) is 3.59. The van der Waals surface area contributed by atoms with Gasteiger partial charge in [-0.25, -0.2) is 4.39 Å². The number of hydrogen-bond acceptors (Lipinski definition) is 7. The minimum absolute atomic E-state index is 0.0556. The van der Waals surface area contributed by atoms with E-state index in [2.05, 4.69) is 21.6 Å². The number of aromatic nitrogens is 3. The minimum atomic E-state index is -0.313. The first-order valence-corrected chi connectivity index (χ1v) is 12.7. The highest BCUT2D eigenvalue weighted by Gasteiger charge is 2.25. The number of carbonyl (C=O) groups excluding carboxylic acids is 1. The number of rotatable bonds is 7. The monoisotopic (exact) mass is 483 g/mol. The summed E-state index contributed by atoms with van der Waals surface area (Å²) in [6.45, 7) is 1.30. The molecule has 0 saturated carbocycles. The summed E-state index contributed by atoms with van der Waals surface area (Å²) < 4.78 is 21.1. The van der Waals surface area contributed by atoms with Crippen LogP contribution in [-0.2, 0) is 28.9 Å². The molecule has 33 heavy (non-hydrogen) atoms. The van der Waals surface area contributed by atoms with Crippen LogP contribution in [0.3, 0.4) is 0 Å². The molecule has 0 spiro atoms. The summed E-state index contributed by atoms with van der Waals surface area (Å²) in [6.07, 6.45) is 4.95. The van der Waals surface area contributed by atoms with E-state index >= 15 is 0 Å². The number of fused-ring (bicyclic) bond motifs is 1. The van der Waals surface area contributed by atoms with Gasteiger partial charge in [-0.2, -0.15) is 5.26 Å². The number of amides is 1. The number of ether oxygens (including phenoxy) is 1. The number of nitrogens with one attached hydrogen (secondary N) is 1. The molecule has 1 N–H and O–H groups in total. The summed E-state index contributed by atoms with van der Waals surface area (Å²) in [5.74, 6) is 0.258. The normalized spacial score (nSPS) is 17.2. The molecule has 3 aromatic rings. The summed E-state index contributed by atoms with van der Waals surface area (Å²) in [6, 6.07) is 8.39.